The Morgan fingerprint density at radius 3 is 2.33 bits per heavy atom. The Kier molecular flexibility index (Phi) is 8.17. The van der Waals surface area contributed by atoms with Crippen molar-refractivity contribution >= 4 is 11.9 Å². The van der Waals surface area contributed by atoms with Crippen LogP contribution in [0.3, 0.4) is 0 Å². The van der Waals surface area contributed by atoms with Gasteiger partial charge >= 0.3 is 11.9 Å². The molecule has 0 aliphatic rings. The quantitative estimate of drug-likeness (QED) is 0.652. The van der Waals surface area contributed by atoms with Gasteiger partial charge in [0, 0.05) is 12.3 Å². The van der Waals surface area contributed by atoms with E-state index in [2.05, 4.69) is 6.92 Å². The van der Waals surface area contributed by atoms with Crippen LogP contribution in [0.15, 0.2) is 30.3 Å². The van der Waals surface area contributed by atoms with Gasteiger partial charge in [-0.1, -0.05) is 44.9 Å². The third kappa shape index (κ3) is 6.93. The van der Waals surface area contributed by atoms with Crippen molar-refractivity contribution in [3.63, 3.8) is 0 Å². The molecule has 0 fully saturated rings. The predicted molar refractivity (Wildman–Crippen MR) is 81.0 cm³/mol. The molecule has 4 heteroatoms. The Labute approximate surface area is 126 Å². The normalized spacial score (nSPS) is 11.7. The van der Waals surface area contributed by atoms with Gasteiger partial charge in [-0.05, 0) is 18.6 Å². The number of ether oxygens (including phenoxy) is 2. The maximum absolute atomic E-state index is 11.9. The molecule has 1 unspecified atom stereocenters. The molecule has 1 aromatic rings. The first-order chi connectivity index (χ1) is 10.2. The van der Waals surface area contributed by atoms with Crippen LogP contribution in [0, 0.1) is 5.92 Å². The van der Waals surface area contributed by atoms with Crippen LogP contribution < -0.4 is 0 Å². The summed E-state index contributed by atoms with van der Waals surface area (Å²) < 4.78 is 10.5. The van der Waals surface area contributed by atoms with Gasteiger partial charge < -0.3 is 9.47 Å². The van der Waals surface area contributed by atoms with E-state index < -0.39 is 0 Å². The SMILES string of the molecule is CCCCC(COC(=O)CC)COC(=O)c1ccccc1. The van der Waals surface area contributed by atoms with Gasteiger partial charge in [0.15, 0.2) is 0 Å². The van der Waals surface area contributed by atoms with Gasteiger partial charge in [-0.3, -0.25) is 4.79 Å². The molecule has 21 heavy (non-hydrogen) atoms. The third-order valence-electron chi connectivity index (χ3n) is 3.19. The van der Waals surface area contributed by atoms with Crippen molar-refractivity contribution in [3.8, 4) is 0 Å². The van der Waals surface area contributed by atoms with Gasteiger partial charge in [0.1, 0.15) is 0 Å². The van der Waals surface area contributed by atoms with E-state index in [4.69, 9.17) is 9.47 Å². The molecule has 0 spiro atoms. The minimum Gasteiger partial charge on any atom is -0.465 e. The van der Waals surface area contributed by atoms with Crippen molar-refractivity contribution in [2.24, 2.45) is 5.92 Å². The predicted octanol–water partition coefficient (Wildman–Crippen LogP) is 3.60. The first kappa shape index (κ1) is 17.2. The summed E-state index contributed by atoms with van der Waals surface area (Å²) in [5.74, 6) is -0.488. The van der Waals surface area contributed by atoms with E-state index in [1.807, 2.05) is 6.07 Å². The number of unbranched alkanes of at least 4 members (excludes halogenated alkanes) is 1. The lowest BCUT2D eigenvalue weighted by atomic mass is 10.0. The van der Waals surface area contributed by atoms with Gasteiger partial charge in [0.2, 0.25) is 0 Å². The van der Waals surface area contributed by atoms with Crippen LogP contribution >= 0.6 is 0 Å². The molecule has 0 aromatic heterocycles. The maximum Gasteiger partial charge on any atom is 0.338 e. The molecule has 0 saturated carbocycles. The average molecular weight is 292 g/mol. The van der Waals surface area contributed by atoms with E-state index in [0.717, 1.165) is 19.3 Å². The summed E-state index contributed by atoms with van der Waals surface area (Å²) in [5, 5.41) is 0. The molecule has 0 aliphatic carbocycles. The van der Waals surface area contributed by atoms with E-state index >= 15 is 0 Å². The number of rotatable bonds is 9. The first-order valence-corrected chi connectivity index (χ1v) is 7.55. The Morgan fingerprint density at radius 2 is 1.71 bits per heavy atom. The Bertz CT molecular complexity index is 428. The van der Waals surface area contributed by atoms with Gasteiger partial charge in [0.25, 0.3) is 0 Å². The van der Waals surface area contributed by atoms with Crippen LogP contribution in [-0.4, -0.2) is 25.2 Å². The largest absolute Gasteiger partial charge is 0.465 e. The van der Waals surface area contributed by atoms with Crippen molar-refractivity contribution < 1.29 is 19.1 Å². The highest BCUT2D eigenvalue weighted by atomic mass is 16.5. The van der Waals surface area contributed by atoms with Gasteiger partial charge in [-0.2, -0.15) is 0 Å². The minimum absolute atomic E-state index is 0.0631. The van der Waals surface area contributed by atoms with Crippen LogP contribution in [-0.2, 0) is 14.3 Å². The zero-order valence-electron chi connectivity index (χ0n) is 12.8. The van der Waals surface area contributed by atoms with Crippen LogP contribution in [0.4, 0.5) is 0 Å². The highest BCUT2D eigenvalue weighted by molar-refractivity contribution is 5.89. The van der Waals surface area contributed by atoms with Crippen molar-refractivity contribution in [1.29, 1.82) is 0 Å². The monoisotopic (exact) mass is 292 g/mol. The van der Waals surface area contributed by atoms with Crippen molar-refractivity contribution in [1.82, 2.24) is 0 Å². The molecular formula is C17H24O4. The Hall–Kier alpha value is -1.84. The van der Waals surface area contributed by atoms with E-state index in [0.29, 0.717) is 18.6 Å². The molecule has 0 N–H and O–H groups in total. The first-order valence-electron chi connectivity index (χ1n) is 7.55. The van der Waals surface area contributed by atoms with Gasteiger partial charge in [-0.15, -0.1) is 0 Å². The van der Waals surface area contributed by atoms with E-state index in [1.165, 1.54) is 0 Å². The molecule has 0 bridgehead atoms. The topological polar surface area (TPSA) is 52.6 Å². The summed E-state index contributed by atoms with van der Waals surface area (Å²) in [6.07, 6.45) is 3.34. The fraction of sp³-hybridized carbons (Fsp3) is 0.529. The molecular weight excluding hydrogens is 268 g/mol. The number of esters is 2. The number of benzene rings is 1. The second-order valence-electron chi connectivity index (χ2n) is 5.01. The fourth-order valence-corrected chi connectivity index (χ4v) is 1.87. The highest BCUT2D eigenvalue weighted by Gasteiger charge is 2.15. The fourth-order valence-electron chi connectivity index (χ4n) is 1.87. The highest BCUT2D eigenvalue weighted by Crippen LogP contribution is 2.12. The van der Waals surface area contributed by atoms with Crippen molar-refractivity contribution in [2.75, 3.05) is 13.2 Å². The lowest BCUT2D eigenvalue weighted by molar-refractivity contribution is -0.145. The molecule has 4 nitrogen and oxygen atoms in total. The summed E-state index contributed by atoms with van der Waals surface area (Å²) in [6.45, 7) is 4.46. The van der Waals surface area contributed by atoms with Crippen LogP contribution in [0.5, 0.6) is 0 Å². The third-order valence-corrected chi connectivity index (χ3v) is 3.19. The average Bonchev–Trinajstić information content (AvgIpc) is 2.54. The number of carbonyl (C=O) groups excluding carboxylic acids is 2. The number of carbonyl (C=O) groups is 2. The summed E-state index contributed by atoms with van der Waals surface area (Å²) >= 11 is 0. The number of hydrogen-bond acceptors (Lipinski definition) is 4. The molecule has 1 atom stereocenters. The molecule has 116 valence electrons. The molecule has 0 heterocycles. The summed E-state index contributed by atoms with van der Waals surface area (Å²) in [4.78, 5) is 23.1. The number of hydrogen-bond donors (Lipinski definition) is 0. The summed E-state index contributed by atoms with van der Waals surface area (Å²) in [7, 11) is 0. The molecule has 0 amide bonds. The van der Waals surface area contributed by atoms with Gasteiger partial charge in [-0.25, -0.2) is 4.79 Å². The standard InChI is InChI=1S/C17H24O4/c1-3-5-9-14(12-20-16(18)4-2)13-21-17(19)15-10-7-6-8-11-15/h6-8,10-11,14H,3-5,9,12-13H2,1-2H3. The second-order valence-corrected chi connectivity index (χ2v) is 5.01. The molecule has 0 saturated heterocycles. The maximum atomic E-state index is 11.9. The van der Waals surface area contributed by atoms with Crippen LogP contribution in [0.2, 0.25) is 0 Å². The van der Waals surface area contributed by atoms with E-state index in [9.17, 15) is 9.59 Å². The van der Waals surface area contributed by atoms with Crippen molar-refractivity contribution in [3.05, 3.63) is 35.9 Å². The summed E-state index contributed by atoms with van der Waals surface area (Å²) in [6, 6.07) is 8.90. The molecule has 0 aliphatic heterocycles. The lowest BCUT2D eigenvalue weighted by Gasteiger charge is -2.16. The van der Waals surface area contributed by atoms with E-state index in [1.54, 1.807) is 31.2 Å². The zero-order valence-corrected chi connectivity index (χ0v) is 12.8. The zero-order chi connectivity index (χ0) is 15.5. The van der Waals surface area contributed by atoms with E-state index in [-0.39, 0.29) is 24.5 Å². The Balaban J connectivity index is 2.44. The molecule has 1 aromatic carbocycles. The molecule has 0 radical (unpaired) electrons. The summed E-state index contributed by atoms with van der Waals surface area (Å²) in [5.41, 5.74) is 0.539. The van der Waals surface area contributed by atoms with Crippen LogP contribution in [0.1, 0.15) is 49.9 Å². The lowest BCUT2D eigenvalue weighted by Crippen LogP contribution is -2.21. The Morgan fingerprint density at radius 1 is 1.05 bits per heavy atom. The minimum atomic E-state index is -0.334. The second kappa shape index (κ2) is 9.97. The molecule has 1 rings (SSSR count). The van der Waals surface area contributed by atoms with Gasteiger partial charge in [0.05, 0.1) is 18.8 Å². The van der Waals surface area contributed by atoms with Crippen LogP contribution in [0.25, 0.3) is 0 Å². The van der Waals surface area contributed by atoms with Crippen molar-refractivity contribution in [2.45, 2.75) is 39.5 Å². The smallest absolute Gasteiger partial charge is 0.338 e.